The summed E-state index contributed by atoms with van der Waals surface area (Å²) in [6, 6.07) is 0. The summed E-state index contributed by atoms with van der Waals surface area (Å²) in [6.07, 6.45) is 9.30. The van der Waals surface area contributed by atoms with E-state index in [0.29, 0.717) is 24.2 Å². The minimum Gasteiger partial charge on any atom is -0.512 e. The standard InChI is InChI=1S/C20H29BN2O/c1-7-18(15(5)24)16-9-14(4)20(21(6)10-16)19(8-13(2)3)17-11-22-23-12-17/h8-13,20,24H,7H2,1-6H3,(H,22,23)/b18-15+,19-8-. The van der Waals surface area contributed by atoms with Crippen LogP contribution in [-0.2, 0) is 0 Å². The summed E-state index contributed by atoms with van der Waals surface area (Å²) in [7, 11) is 0. The lowest BCUT2D eigenvalue weighted by molar-refractivity contribution is 0.406. The second-order valence-corrected chi connectivity index (χ2v) is 7.12. The number of aromatic nitrogens is 2. The maximum Gasteiger partial charge on any atom is 0.176 e. The fraction of sp³-hybridized carbons (Fsp3) is 0.450. The molecule has 1 unspecified atom stereocenters. The number of aliphatic hydroxyl groups is 1. The number of aliphatic hydroxyl groups excluding tert-OH is 1. The number of nitrogens with one attached hydrogen (secondary N) is 1. The fourth-order valence-electron chi connectivity index (χ4n) is 3.71. The molecule has 2 N–H and O–H groups in total. The van der Waals surface area contributed by atoms with Gasteiger partial charge in [0.2, 0.25) is 0 Å². The van der Waals surface area contributed by atoms with Crippen molar-refractivity contribution < 1.29 is 5.11 Å². The molecular formula is C20H29BN2O. The first-order chi connectivity index (χ1) is 11.3. The third-order valence-corrected chi connectivity index (χ3v) is 4.66. The number of hydrogen-bond acceptors (Lipinski definition) is 2. The Hall–Kier alpha value is -1.97. The van der Waals surface area contributed by atoms with Crippen LogP contribution in [0, 0.1) is 5.92 Å². The first-order valence-corrected chi connectivity index (χ1v) is 8.85. The van der Waals surface area contributed by atoms with Gasteiger partial charge in [-0.05, 0) is 48.7 Å². The Balaban J connectivity index is 2.45. The van der Waals surface area contributed by atoms with Crippen LogP contribution in [0.4, 0.5) is 0 Å². The second-order valence-electron chi connectivity index (χ2n) is 7.12. The summed E-state index contributed by atoms with van der Waals surface area (Å²) in [6.45, 7) is 13.1. The van der Waals surface area contributed by atoms with Gasteiger partial charge in [-0.2, -0.15) is 5.10 Å². The molecule has 1 atom stereocenters. The Morgan fingerprint density at radius 1 is 1.46 bits per heavy atom. The smallest absolute Gasteiger partial charge is 0.176 e. The SMILES string of the molecule is CC/C(C1=CB(C)C(/C(=C\C(C)C)c2cn[nH]c2)C(C)=C1)=C(/C)O. The molecule has 0 bridgehead atoms. The van der Waals surface area contributed by atoms with Crippen LogP contribution in [0.5, 0.6) is 0 Å². The van der Waals surface area contributed by atoms with E-state index in [2.05, 4.69) is 62.8 Å². The van der Waals surface area contributed by atoms with E-state index >= 15 is 0 Å². The van der Waals surface area contributed by atoms with Gasteiger partial charge in [0.1, 0.15) is 0 Å². The second kappa shape index (κ2) is 7.74. The average Bonchev–Trinajstić information content (AvgIpc) is 2.99. The Morgan fingerprint density at radius 3 is 2.62 bits per heavy atom. The normalized spacial score (nSPS) is 20.0. The van der Waals surface area contributed by atoms with Crippen molar-refractivity contribution in [2.24, 2.45) is 5.92 Å². The summed E-state index contributed by atoms with van der Waals surface area (Å²) in [5, 5.41) is 17.0. The van der Waals surface area contributed by atoms with Gasteiger partial charge in [-0.3, -0.25) is 5.10 Å². The van der Waals surface area contributed by atoms with E-state index in [9.17, 15) is 5.11 Å². The highest BCUT2D eigenvalue weighted by molar-refractivity contribution is 6.68. The van der Waals surface area contributed by atoms with Crippen molar-refractivity contribution in [2.45, 2.75) is 53.7 Å². The van der Waals surface area contributed by atoms with E-state index in [0.717, 1.165) is 23.1 Å². The molecule has 2 heterocycles. The molecule has 1 aliphatic heterocycles. The topological polar surface area (TPSA) is 48.9 Å². The largest absolute Gasteiger partial charge is 0.512 e. The van der Waals surface area contributed by atoms with Crippen molar-refractivity contribution in [3.63, 3.8) is 0 Å². The molecule has 4 heteroatoms. The highest BCUT2D eigenvalue weighted by atomic mass is 16.3. The molecule has 2 rings (SSSR count). The number of nitrogens with zero attached hydrogens (tertiary/aromatic N) is 1. The summed E-state index contributed by atoms with van der Waals surface area (Å²) in [5.74, 6) is 3.54. The van der Waals surface area contributed by atoms with E-state index in [1.807, 2.05) is 12.4 Å². The summed E-state index contributed by atoms with van der Waals surface area (Å²) in [5.41, 5.74) is 6.03. The number of allylic oxidation sites excluding steroid dienone is 7. The Bertz CT molecular complexity index is 689. The zero-order chi connectivity index (χ0) is 17.9. The van der Waals surface area contributed by atoms with Gasteiger partial charge >= 0.3 is 0 Å². The highest BCUT2D eigenvalue weighted by Crippen LogP contribution is 2.42. The molecule has 1 aromatic rings. The van der Waals surface area contributed by atoms with E-state index in [4.69, 9.17) is 0 Å². The Kier molecular flexibility index (Phi) is 5.92. The number of hydrogen-bond donors (Lipinski definition) is 2. The lowest BCUT2D eigenvalue weighted by Crippen LogP contribution is -2.22. The predicted molar refractivity (Wildman–Crippen MR) is 104 cm³/mol. The van der Waals surface area contributed by atoms with Gasteiger partial charge in [0, 0.05) is 11.8 Å². The van der Waals surface area contributed by atoms with Crippen LogP contribution >= 0.6 is 0 Å². The van der Waals surface area contributed by atoms with Crippen LogP contribution in [0.25, 0.3) is 5.57 Å². The Labute approximate surface area is 146 Å². The third-order valence-electron chi connectivity index (χ3n) is 4.66. The summed E-state index contributed by atoms with van der Waals surface area (Å²) < 4.78 is 0. The first-order valence-electron chi connectivity index (χ1n) is 8.85. The molecular weight excluding hydrogens is 295 g/mol. The van der Waals surface area contributed by atoms with Crippen LogP contribution in [0.3, 0.4) is 0 Å². The highest BCUT2D eigenvalue weighted by Gasteiger charge is 2.30. The molecule has 0 radical (unpaired) electrons. The zero-order valence-corrected chi connectivity index (χ0v) is 15.7. The summed E-state index contributed by atoms with van der Waals surface area (Å²) >= 11 is 0. The van der Waals surface area contributed by atoms with Crippen molar-refractivity contribution in [2.75, 3.05) is 0 Å². The van der Waals surface area contributed by atoms with Crippen molar-refractivity contribution in [1.82, 2.24) is 10.2 Å². The molecule has 1 aromatic heterocycles. The maximum atomic E-state index is 9.97. The third kappa shape index (κ3) is 3.92. The minimum absolute atomic E-state index is 0.339. The van der Waals surface area contributed by atoms with Crippen LogP contribution in [-0.4, -0.2) is 22.0 Å². The molecule has 3 nitrogen and oxygen atoms in total. The fourth-order valence-corrected chi connectivity index (χ4v) is 3.71. The van der Waals surface area contributed by atoms with Crippen LogP contribution < -0.4 is 0 Å². The predicted octanol–water partition coefficient (Wildman–Crippen LogP) is 5.61. The van der Waals surface area contributed by atoms with E-state index < -0.39 is 0 Å². The monoisotopic (exact) mass is 324 g/mol. The van der Waals surface area contributed by atoms with Crippen LogP contribution in [0.2, 0.25) is 12.6 Å². The molecule has 0 aliphatic carbocycles. The van der Waals surface area contributed by atoms with Crippen LogP contribution in [0.15, 0.2) is 53.0 Å². The van der Waals surface area contributed by atoms with Gasteiger partial charge in [0.25, 0.3) is 0 Å². The molecule has 24 heavy (non-hydrogen) atoms. The van der Waals surface area contributed by atoms with E-state index in [1.165, 1.54) is 11.1 Å². The van der Waals surface area contributed by atoms with Gasteiger partial charge in [0.05, 0.1) is 12.0 Å². The van der Waals surface area contributed by atoms with Gasteiger partial charge < -0.3 is 5.11 Å². The van der Waals surface area contributed by atoms with Crippen molar-refractivity contribution in [1.29, 1.82) is 0 Å². The van der Waals surface area contributed by atoms with Gasteiger partial charge in [-0.1, -0.05) is 45.3 Å². The van der Waals surface area contributed by atoms with Crippen LogP contribution in [0.1, 0.15) is 46.6 Å². The first kappa shape index (κ1) is 18.4. The maximum absolute atomic E-state index is 9.97. The lowest BCUT2D eigenvalue weighted by Gasteiger charge is -2.29. The molecule has 0 fully saturated rings. The Morgan fingerprint density at radius 2 is 2.17 bits per heavy atom. The van der Waals surface area contributed by atoms with Crippen molar-refractivity contribution in [3.8, 4) is 0 Å². The molecule has 0 saturated carbocycles. The van der Waals surface area contributed by atoms with Gasteiger partial charge in [-0.25, -0.2) is 0 Å². The molecule has 128 valence electrons. The average molecular weight is 324 g/mol. The molecule has 0 aromatic carbocycles. The van der Waals surface area contributed by atoms with Crippen molar-refractivity contribution in [3.05, 3.63) is 58.6 Å². The number of rotatable bonds is 5. The molecule has 0 amide bonds. The summed E-state index contributed by atoms with van der Waals surface area (Å²) in [4.78, 5) is 0. The minimum atomic E-state index is 0.339. The molecule has 1 aliphatic rings. The zero-order valence-electron chi connectivity index (χ0n) is 15.7. The lowest BCUT2D eigenvalue weighted by atomic mass is 9.37. The number of aromatic amines is 1. The van der Waals surface area contributed by atoms with Crippen molar-refractivity contribution >= 4 is 12.3 Å². The number of H-pyrrole nitrogens is 1. The van der Waals surface area contributed by atoms with Gasteiger partial charge in [0.15, 0.2) is 6.71 Å². The van der Waals surface area contributed by atoms with Gasteiger partial charge in [-0.15, -0.1) is 5.98 Å². The molecule has 0 saturated heterocycles. The molecule has 0 spiro atoms. The van der Waals surface area contributed by atoms with E-state index in [1.54, 1.807) is 6.92 Å². The quantitative estimate of drug-likeness (QED) is 0.546. The van der Waals surface area contributed by atoms with E-state index in [-0.39, 0.29) is 0 Å².